The third kappa shape index (κ3) is 3.39. The molecular formula is C19H18N4O3S. The zero-order valence-corrected chi connectivity index (χ0v) is 15.3. The van der Waals surface area contributed by atoms with E-state index >= 15 is 0 Å². The van der Waals surface area contributed by atoms with Crippen LogP contribution in [0.4, 0.5) is 6.01 Å². The Morgan fingerprint density at radius 2 is 2.00 bits per heavy atom. The number of benzene rings is 2. The first kappa shape index (κ1) is 17.5. The molecule has 138 valence electrons. The predicted molar refractivity (Wildman–Crippen MR) is 101 cm³/mol. The van der Waals surface area contributed by atoms with Crippen LogP contribution in [0, 0.1) is 11.3 Å². The molecule has 0 saturated carbocycles. The molecule has 2 heterocycles. The van der Waals surface area contributed by atoms with E-state index in [2.05, 4.69) is 9.71 Å². The highest BCUT2D eigenvalue weighted by atomic mass is 32.2. The van der Waals surface area contributed by atoms with Gasteiger partial charge in [-0.1, -0.05) is 24.3 Å². The van der Waals surface area contributed by atoms with Gasteiger partial charge in [0.05, 0.1) is 10.5 Å². The SMILES string of the molecule is N#Cc1ccccc1S(=O)(=O)NCC1CCCN1c1nc2ccccc2o1. The summed E-state index contributed by atoms with van der Waals surface area (Å²) in [5.41, 5.74) is 1.62. The number of aromatic nitrogens is 1. The zero-order valence-electron chi connectivity index (χ0n) is 14.5. The molecule has 0 bridgehead atoms. The number of nitriles is 1. The lowest BCUT2D eigenvalue weighted by molar-refractivity contribution is 0.534. The second-order valence-corrected chi connectivity index (χ2v) is 8.15. The lowest BCUT2D eigenvalue weighted by Gasteiger charge is -2.23. The van der Waals surface area contributed by atoms with Crippen LogP contribution in [0.15, 0.2) is 57.8 Å². The van der Waals surface area contributed by atoms with Crippen LogP contribution in [-0.4, -0.2) is 32.5 Å². The van der Waals surface area contributed by atoms with Crippen molar-refractivity contribution in [3.63, 3.8) is 0 Å². The number of nitrogens with zero attached hydrogens (tertiary/aromatic N) is 3. The van der Waals surface area contributed by atoms with E-state index in [-0.39, 0.29) is 23.0 Å². The van der Waals surface area contributed by atoms with Crippen molar-refractivity contribution >= 4 is 27.1 Å². The van der Waals surface area contributed by atoms with E-state index in [1.54, 1.807) is 12.1 Å². The molecule has 0 radical (unpaired) electrons. The number of para-hydroxylation sites is 2. The minimum Gasteiger partial charge on any atom is -0.423 e. The molecule has 0 spiro atoms. The van der Waals surface area contributed by atoms with Gasteiger partial charge in [0.2, 0.25) is 10.0 Å². The molecule has 1 fully saturated rings. The van der Waals surface area contributed by atoms with Gasteiger partial charge in [-0.2, -0.15) is 10.2 Å². The number of anilines is 1. The second-order valence-electron chi connectivity index (χ2n) is 6.41. The molecule has 0 amide bonds. The molecule has 4 rings (SSSR count). The summed E-state index contributed by atoms with van der Waals surface area (Å²) in [6.45, 7) is 0.981. The Morgan fingerprint density at radius 3 is 2.81 bits per heavy atom. The summed E-state index contributed by atoms with van der Waals surface area (Å²) in [5, 5.41) is 9.15. The minimum atomic E-state index is -3.77. The highest BCUT2D eigenvalue weighted by Crippen LogP contribution is 2.28. The van der Waals surface area contributed by atoms with E-state index in [0.29, 0.717) is 11.6 Å². The lowest BCUT2D eigenvalue weighted by Crippen LogP contribution is -2.40. The van der Waals surface area contributed by atoms with Crippen LogP contribution in [0.1, 0.15) is 18.4 Å². The number of hydrogen-bond donors (Lipinski definition) is 1. The molecule has 1 N–H and O–H groups in total. The quantitative estimate of drug-likeness (QED) is 0.728. The van der Waals surface area contributed by atoms with E-state index < -0.39 is 10.0 Å². The van der Waals surface area contributed by atoms with Gasteiger partial charge in [-0.05, 0) is 37.1 Å². The molecule has 7 nitrogen and oxygen atoms in total. The Bertz CT molecular complexity index is 1080. The van der Waals surface area contributed by atoms with Gasteiger partial charge in [0.15, 0.2) is 5.58 Å². The fraction of sp³-hybridized carbons (Fsp3) is 0.263. The monoisotopic (exact) mass is 382 g/mol. The van der Waals surface area contributed by atoms with Gasteiger partial charge in [0.25, 0.3) is 6.01 Å². The summed E-state index contributed by atoms with van der Waals surface area (Å²) in [5.74, 6) is 0. The lowest BCUT2D eigenvalue weighted by atomic mass is 10.2. The molecule has 1 aromatic heterocycles. The number of rotatable bonds is 5. The van der Waals surface area contributed by atoms with Crippen molar-refractivity contribution in [3.05, 3.63) is 54.1 Å². The van der Waals surface area contributed by atoms with Crippen molar-refractivity contribution in [2.45, 2.75) is 23.8 Å². The van der Waals surface area contributed by atoms with Crippen LogP contribution in [-0.2, 0) is 10.0 Å². The largest absolute Gasteiger partial charge is 0.423 e. The molecule has 1 aliphatic rings. The van der Waals surface area contributed by atoms with Crippen LogP contribution >= 0.6 is 0 Å². The van der Waals surface area contributed by atoms with E-state index in [0.717, 1.165) is 24.9 Å². The zero-order chi connectivity index (χ0) is 18.9. The maximum absolute atomic E-state index is 12.6. The van der Waals surface area contributed by atoms with Crippen molar-refractivity contribution in [1.82, 2.24) is 9.71 Å². The molecule has 1 atom stereocenters. The Balaban J connectivity index is 1.52. The van der Waals surface area contributed by atoms with Gasteiger partial charge in [-0.25, -0.2) is 13.1 Å². The molecule has 8 heteroatoms. The Hall–Kier alpha value is -2.89. The predicted octanol–water partition coefficient (Wildman–Crippen LogP) is 2.65. The fourth-order valence-corrected chi connectivity index (χ4v) is 4.59. The number of oxazole rings is 1. The molecule has 27 heavy (non-hydrogen) atoms. The van der Waals surface area contributed by atoms with Crippen LogP contribution in [0.5, 0.6) is 0 Å². The van der Waals surface area contributed by atoms with Crippen molar-refractivity contribution < 1.29 is 12.8 Å². The van der Waals surface area contributed by atoms with Crippen molar-refractivity contribution in [2.24, 2.45) is 0 Å². The summed E-state index contributed by atoms with van der Waals surface area (Å²) in [6.07, 6.45) is 1.76. The molecule has 1 unspecified atom stereocenters. The molecule has 3 aromatic rings. The maximum atomic E-state index is 12.6. The van der Waals surface area contributed by atoms with Crippen LogP contribution in [0.3, 0.4) is 0 Å². The van der Waals surface area contributed by atoms with Crippen molar-refractivity contribution in [1.29, 1.82) is 5.26 Å². The van der Waals surface area contributed by atoms with Gasteiger partial charge in [0, 0.05) is 19.1 Å². The average molecular weight is 382 g/mol. The van der Waals surface area contributed by atoms with Crippen LogP contribution in [0.25, 0.3) is 11.1 Å². The highest BCUT2D eigenvalue weighted by molar-refractivity contribution is 7.89. The number of nitrogens with one attached hydrogen (secondary N) is 1. The summed E-state index contributed by atoms with van der Waals surface area (Å²) in [7, 11) is -3.77. The first-order chi connectivity index (χ1) is 13.1. The molecule has 0 aliphatic carbocycles. The molecule has 1 saturated heterocycles. The average Bonchev–Trinajstić information content (AvgIpc) is 3.32. The summed E-state index contributed by atoms with van der Waals surface area (Å²) in [4.78, 5) is 6.51. The van der Waals surface area contributed by atoms with Crippen molar-refractivity contribution in [3.8, 4) is 6.07 Å². The molecular weight excluding hydrogens is 364 g/mol. The maximum Gasteiger partial charge on any atom is 0.298 e. The first-order valence-corrected chi connectivity index (χ1v) is 10.2. The molecule has 2 aromatic carbocycles. The van der Waals surface area contributed by atoms with Gasteiger partial charge < -0.3 is 9.32 Å². The van der Waals surface area contributed by atoms with Gasteiger partial charge in [-0.3, -0.25) is 0 Å². The Kier molecular flexibility index (Phi) is 4.56. The smallest absolute Gasteiger partial charge is 0.298 e. The van der Waals surface area contributed by atoms with Gasteiger partial charge >= 0.3 is 0 Å². The standard InChI is InChI=1S/C19H18N4O3S/c20-12-14-6-1-4-10-18(14)27(24,25)21-13-15-7-5-11-23(15)19-22-16-8-2-3-9-17(16)26-19/h1-4,6,8-10,15,21H,5,7,11,13H2. The van der Waals surface area contributed by atoms with Crippen LogP contribution < -0.4 is 9.62 Å². The van der Waals surface area contributed by atoms with E-state index in [9.17, 15) is 8.42 Å². The summed E-state index contributed by atoms with van der Waals surface area (Å²) >= 11 is 0. The van der Waals surface area contributed by atoms with Crippen molar-refractivity contribution in [2.75, 3.05) is 18.0 Å². The topological polar surface area (TPSA) is 99.2 Å². The Labute approximate surface area is 157 Å². The summed E-state index contributed by atoms with van der Waals surface area (Å²) in [6, 6.07) is 16.1. The second kappa shape index (κ2) is 7.02. The normalized spacial score (nSPS) is 17.3. The Morgan fingerprint density at radius 1 is 1.22 bits per heavy atom. The van der Waals surface area contributed by atoms with Gasteiger partial charge in [0.1, 0.15) is 11.6 Å². The van der Waals surface area contributed by atoms with E-state index in [1.807, 2.05) is 35.2 Å². The number of hydrogen-bond acceptors (Lipinski definition) is 6. The third-order valence-corrected chi connectivity index (χ3v) is 6.19. The first-order valence-electron chi connectivity index (χ1n) is 8.69. The van der Waals surface area contributed by atoms with E-state index in [1.165, 1.54) is 12.1 Å². The third-order valence-electron chi connectivity index (χ3n) is 4.71. The summed E-state index contributed by atoms with van der Waals surface area (Å²) < 4.78 is 33.7. The molecule has 1 aliphatic heterocycles. The van der Waals surface area contributed by atoms with Crippen LogP contribution in [0.2, 0.25) is 0 Å². The van der Waals surface area contributed by atoms with E-state index in [4.69, 9.17) is 9.68 Å². The fourth-order valence-electron chi connectivity index (χ4n) is 3.36. The number of fused-ring (bicyclic) bond motifs is 1. The minimum absolute atomic E-state index is 0.00101. The highest BCUT2D eigenvalue weighted by Gasteiger charge is 2.30. The number of sulfonamides is 1. The van der Waals surface area contributed by atoms with Gasteiger partial charge in [-0.15, -0.1) is 0 Å².